The van der Waals surface area contributed by atoms with Crippen LogP contribution in [0, 0.1) is 17.5 Å². The summed E-state index contributed by atoms with van der Waals surface area (Å²) in [4.78, 5) is 35.7. The summed E-state index contributed by atoms with van der Waals surface area (Å²) in [5.41, 5.74) is -1.14. The van der Waals surface area contributed by atoms with Gasteiger partial charge in [0.25, 0.3) is 0 Å². The average molecular weight is 658 g/mol. The minimum atomic E-state index is -1.41. The molecule has 10 nitrogen and oxygen atoms in total. The predicted octanol–water partition coefficient (Wildman–Crippen LogP) is 5.88. The summed E-state index contributed by atoms with van der Waals surface area (Å²) in [5.74, 6) is -4.33. The summed E-state index contributed by atoms with van der Waals surface area (Å²) in [6.07, 6.45) is 8.29. The molecule has 0 saturated carbocycles. The van der Waals surface area contributed by atoms with Gasteiger partial charge in [0.1, 0.15) is 23.1 Å². The SMILES string of the molecule is C=CCCc1c(Nc2nc(=O)n(-c3cncc(Cl)c3OCC=C)c(=O)n2Cc2cc(F)c(F)cc2F)c(Cl)cc2nn(C)cc12. The first-order chi connectivity index (χ1) is 21.5. The van der Waals surface area contributed by atoms with Crippen LogP contribution in [0.1, 0.15) is 17.5 Å². The lowest BCUT2D eigenvalue weighted by Crippen LogP contribution is -2.42. The summed E-state index contributed by atoms with van der Waals surface area (Å²) >= 11 is 13.0. The van der Waals surface area contributed by atoms with Gasteiger partial charge in [-0.15, -0.1) is 6.58 Å². The number of anilines is 2. The summed E-state index contributed by atoms with van der Waals surface area (Å²) < 4.78 is 51.6. The third-order valence-corrected chi connectivity index (χ3v) is 7.30. The number of benzene rings is 2. The van der Waals surface area contributed by atoms with Gasteiger partial charge < -0.3 is 10.1 Å². The molecule has 0 unspecified atom stereocenters. The van der Waals surface area contributed by atoms with E-state index < -0.39 is 40.9 Å². The Morgan fingerprint density at radius 3 is 2.51 bits per heavy atom. The molecule has 2 aromatic carbocycles. The molecule has 0 bridgehead atoms. The van der Waals surface area contributed by atoms with Crippen LogP contribution in [0.2, 0.25) is 10.0 Å². The van der Waals surface area contributed by atoms with Crippen molar-refractivity contribution < 1.29 is 17.9 Å². The number of ether oxygens (including phenoxy) is 1. The Balaban J connectivity index is 1.77. The third-order valence-electron chi connectivity index (χ3n) is 6.73. The molecule has 15 heteroatoms. The van der Waals surface area contributed by atoms with E-state index in [1.54, 1.807) is 30.1 Å². The van der Waals surface area contributed by atoms with Gasteiger partial charge in [-0.3, -0.25) is 14.2 Å². The first-order valence-electron chi connectivity index (χ1n) is 13.3. The van der Waals surface area contributed by atoms with Crippen LogP contribution >= 0.6 is 23.2 Å². The Morgan fingerprint density at radius 2 is 1.78 bits per heavy atom. The number of fused-ring (bicyclic) bond motifs is 1. The Labute approximate surface area is 263 Å². The van der Waals surface area contributed by atoms with Crippen molar-refractivity contribution in [3.63, 3.8) is 0 Å². The Bertz CT molecular complexity index is 2090. The second-order valence-electron chi connectivity index (χ2n) is 9.75. The number of aromatic nitrogens is 6. The fraction of sp³-hybridized carbons (Fsp3) is 0.167. The van der Waals surface area contributed by atoms with Gasteiger partial charge in [0, 0.05) is 36.5 Å². The number of rotatable bonds is 11. The summed E-state index contributed by atoms with van der Waals surface area (Å²) in [7, 11) is 1.74. The van der Waals surface area contributed by atoms with Crippen molar-refractivity contribution >= 4 is 45.7 Å². The summed E-state index contributed by atoms with van der Waals surface area (Å²) in [6.45, 7) is 6.64. The van der Waals surface area contributed by atoms with E-state index in [0.29, 0.717) is 46.3 Å². The van der Waals surface area contributed by atoms with Crippen LogP contribution < -0.4 is 21.4 Å². The smallest absolute Gasteiger partial charge is 0.359 e. The molecule has 0 aliphatic rings. The van der Waals surface area contributed by atoms with Gasteiger partial charge >= 0.3 is 11.4 Å². The van der Waals surface area contributed by atoms with E-state index in [1.807, 2.05) is 0 Å². The molecule has 0 amide bonds. The van der Waals surface area contributed by atoms with Crippen molar-refractivity contribution in [2.24, 2.45) is 7.05 Å². The van der Waals surface area contributed by atoms with Crippen molar-refractivity contribution in [3.05, 3.63) is 122 Å². The van der Waals surface area contributed by atoms with Crippen molar-refractivity contribution in [3.8, 4) is 11.4 Å². The highest BCUT2D eigenvalue weighted by Gasteiger charge is 2.23. The Kier molecular flexibility index (Phi) is 9.11. The molecule has 3 heterocycles. The van der Waals surface area contributed by atoms with E-state index in [9.17, 15) is 22.8 Å². The highest BCUT2D eigenvalue weighted by Crippen LogP contribution is 2.36. The van der Waals surface area contributed by atoms with Crippen molar-refractivity contribution in [2.45, 2.75) is 19.4 Å². The normalized spacial score (nSPS) is 11.2. The molecule has 0 radical (unpaired) electrons. The maximum Gasteiger partial charge on any atom is 0.359 e. The fourth-order valence-electron chi connectivity index (χ4n) is 4.72. The maximum atomic E-state index is 14.9. The van der Waals surface area contributed by atoms with Crippen LogP contribution in [0.5, 0.6) is 5.75 Å². The maximum absolute atomic E-state index is 14.9. The zero-order valence-electron chi connectivity index (χ0n) is 23.7. The lowest BCUT2D eigenvalue weighted by Gasteiger charge is -2.19. The molecule has 0 spiro atoms. The molecule has 0 aliphatic carbocycles. The second kappa shape index (κ2) is 13.0. The number of nitrogens with zero attached hydrogens (tertiary/aromatic N) is 6. The minimum absolute atomic E-state index is 0.0236. The first kappa shape index (κ1) is 31.5. The average Bonchev–Trinajstić information content (AvgIpc) is 3.36. The molecule has 232 valence electrons. The van der Waals surface area contributed by atoms with E-state index >= 15 is 0 Å². The second-order valence-corrected chi connectivity index (χ2v) is 10.6. The molecular formula is C30H24Cl2F3N7O3. The first-order valence-corrected chi connectivity index (χ1v) is 14.1. The minimum Gasteiger partial charge on any atom is -0.486 e. The van der Waals surface area contributed by atoms with E-state index in [2.05, 4.69) is 33.5 Å². The predicted molar refractivity (Wildman–Crippen MR) is 166 cm³/mol. The van der Waals surface area contributed by atoms with E-state index in [4.69, 9.17) is 27.9 Å². The Hall–Kier alpha value is -4.88. The van der Waals surface area contributed by atoms with Crippen LogP contribution in [0.4, 0.5) is 24.8 Å². The monoisotopic (exact) mass is 657 g/mol. The number of aryl methyl sites for hydroxylation is 2. The number of nitrogens with one attached hydrogen (secondary N) is 1. The lowest BCUT2D eigenvalue weighted by atomic mass is 10.0. The van der Waals surface area contributed by atoms with Crippen LogP contribution in [-0.2, 0) is 20.0 Å². The van der Waals surface area contributed by atoms with Gasteiger partial charge in [-0.2, -0.15) is 10.1 Å². The molecule has 5 rings (SSSR count). The van der Waals surface area contributed by atoms with Gasteiger partial charge in [-0.05, 0) is 30.5 Å². The number of hydrogen-bond donors (Lipinski definition) is 1. The lowest BCUT2D eigenvalue weighted by molar-refractivity contribution is 0.360. The molecule has 45 heavy (non-hydrogen) atoms. The molecule has 0 saturated heterocycles. The van der Waals surface area contributed by atoms with E-state index in [0.717, 1.165) is 16.2 Å². The standard InChI is InChI=1S/C30H24Cl2F3N7O3/c1-4-6-7-17-18-15-40(3)39-24(18)10-19(31)26(17)37-28-38-29(43)42(25-13-36-12-20(32)27(25)45-8-5-2)30(44)41(28)14-16-9-22(34)23(35)11-21(16)33/h4-5,9-13,15H,1-2,6-8,14H2,3H3,(H,37,38,43). The van der Waals surface area contributed by atoms with Crippen molar-refractivity contribution in [2.75, 3.05) is 11.9 Å². The number of halogens is 5. The van der Waals surface area contributed by atoms with Crippen LogP contribution in [0.15, 0.2) is 71.7 Å². The largest absolute Gasteiger partial charge is 0.486 e. The zero-order chi connectivity index (χ0) is 32.4. The number of hydrogen-bond acceptors (Lipinski definition) is 7. The fourth-order valence-corrected chi connectivity index (χ4v) is 5.19. The molecule has 0 atom stereocenters. The van der Waals surface area contributed by atoms with Crippen LogP contribution in [-0.4, -0.2) is 35.5 Å². The topological polar surface area (TPSA) is 109 Å². The molecule has 5 aromatic rings. The van der Waals surface area contributed by atoms with Crippen molar-refractivity contribution in [1.82, 2.24) is 28.9 Å². The Morgan fingerprint density at radius 1 is 1.02 bits per heavy atom. The molecule has 0 fully saturated rings. The molecule has 1 N–H and O–H groups in total. The van der Waals surface area contributed by atoms with Gasteiger partial charge in [0.15, 0.2) is 17.4 Å². The van der Waals surface area contributed by atoms with Crippen molar-refractivity contribution in [1.29, 1.82) is 0 Å². The number of allylic oxidation sites excluding steroid dienone is 1. The van der Waals surface area contributed by atoms with Gasteiger partial charge in [0.2, 0.25) is 5.95 Å². The van der Waals surface area contributed by atoms with Gasteiger partial charge in [-0.1, -0.05) is 41.9 Å². The number of pyridine rings is 1. The molecule has 3 aromatic heterocycles. The molecular weight excluding hydrogens is 634 g/mol. The van der Waals surface area contributed by atoms with E-state index in [-0.39, 0.29) is 34.0 Å². The van der Waals surface area contributed by atoms with Crippen LogP contribution in [0.25, 0.3) is 16.6 Å². The van der Waals surface area contributed by atoms with Gasteiger partial charge in [0.05, 0.1) is 29.0 Å². The highest BCUT2D eigenvalue weighted by molar-refractivity contribution is 6.34. The van der Waals surface area contributed by atoms with Crippen LogP contribution in [0.3, 0.4) is 0 Å². The van der Waals surface area contributed by atoms with Gasteiger partial charge in [-0.25, -0.2) is 27.3 Å². The quantitative estimate of drug-likeness (QED) is 0.140. The third kappa shape index (κ3) is 6.22. The summed E-state index contributed by atoms with van der Waals surface area (Å²) in [5, 5.41) is 8.27. The highest BCUT2D eigenvalue weighted by atomic mass is 35.5. The zero-order valence-corrected chi connectivity index (χ0v) is 25.2. The van der Waals surface area contributed by atoms with E-state index in [1.165, 1.54) is 12.3 Å². The summed E-state index contributed by atoms with van der Waals surface area (Å²) in [6, 6.07) is 2.56. The molecule has 0 aliphatic heterocycles.